The molecule has 1 aliphatic carbocycles. The monoisotopic (exact) mass is 734 g/mol. The third-order valence-corrected chi connectivity index (χ3v) is 13.0. The summed E-state index contributed by atoms with van der Waals surface area (Å²) in [6.07, 6.45) is 3.63. The topological polar surface area (TPSA) is 174 Å². The van der Waals surface area contributed by atoms with Crippen LogP contribution in [0.1, 0.15) is 79.5 Å². The summed E-state index contributed by atoms with van der Waals surface area (Å²) in [5.41, 5.74) is -1.31. The molecule has 1 aromatic rings. The molecule has 0 aromatic carbocycles. The van der Waals surface area contributed by atoms with Crippen LogP contribution in [0.2, 0.25) is 0 Å². The molecule has 4 rings (SSSR count). The number of nitrogens with one attached hydrogen (secondary N) is 4. The van der Waals surface area contributed by atoms with Gasteiger partial charge < -0.3 is 26.2 Å². The summed E-state index contributed by atoms with van der Waals surface area (Å²) in [5, 5.41) is 12.9. The van der Waals surface area contributed by atoms with Crippen molar-refractivity contribution in [3.63, 3.8) is 0 Å². The quantitative estimate of drug-likeness (QED) is 0.178. The minimum Gasteiger partial charge on any atom is -0.346 e. The number of likely N-dealkylation sites (tertiary alicyclic amines) is 1. The average molecular weight is 735 g/mol. The van der Waals surface area contributed by atoms with Crippen LogP contribution in [0, 0.1) is 28.6 Å². The number of hydrogen-bond acceptors (Lipinski definition) is 8. The zero-order valence-corrected chi connectivity index (χ0v) is 32.1. The van der Waals surface area contributed by atoms with Gasteiger partial charge in [0.1, 0.15) is 12.1 Å². The van der Waals surface area contributed by atoms with Crippen LogP contribution in [0.15, 0.2) is 29.0 Å². The van der Waals surface area contributed by atoms with E-state index in [0.717, 1.165) is 17.7 Å². The van der Waals surface area contributed by atoms with E-state index in [0.29, 0.717) is 11.3 Å². The normalized spacial score (nSPS) is 23.7. The van der Waals surface area contributed by atoms with Crippen LogP contribution in [-0.4, -0.2) is 91.0 Å². The fourth-order valence-corrected chi connectivity index (χ4v) is 9.41. The zero-order valence-electron chi connectivity index (χ0n) is 30.5. The van der Waals surface area contributed by atoms with Gasteiger partial charge in [-0.2, -0.15) is 4.31 Å². The number of urea groups is 1. The van der Waals surface area contributed by atoms with Crippen LogP contribution in [0.4, 0.5) is 4.79 Å². The molecule has 0 spiro atoms. The van der Waals surface area contributed by atoms with Crippen molar-refractivity contribution in [2.45, 2.75) is 110 Å². The van der Waals surface area contributed by atoms with Crippen molar-refractivity contribution in [2.24, 2.45) is 28.6 Å². The van der Waals surface area contributed by atoms with Crippen molar-refractivity contribution >= 4 is 50.9 Å². The maximum Gasteiger partial charge on any atom is 0.315 e. The molecule has 2 unspecified atom stereocenters. The first-order valence-corrected chi connectivity index (χ1v) is 19.7. The van der Waals surface area contributed by atoms with Gasteiger partial charge in [-0.1, -0.05) is 74.3 Å². The second-order valence-corrected chi connectivity index (χ2v) is 19.1. The summed E-state index contributed by atoms with van der Waals surface area (Å²) >= 11 is 1.38. The number of fused-ring (bicyclic) bond motifs is 1. The molecule has 278 valence electrons. The largest absolute Gasteiger partial charge is 0.346 e. The highest BCUT2D eigenvalue weighted by atomic mass is 32.2. The standard InChI is InChI=1S/C35H54N6O7S2/c1-10-14-36-31(44)28(42)23(16-22-11-12-22)37-30(43)27-21(3)20(2)17-41(27)32(45)29(35(7,8)9)39-33(46)38-26(34(4,5)6)19-40-18-24-25(13-15-49-24)50(40,47)48/h10,13,15,20-23,26-27,29H,1,11-12,14,16-19H2,2-9H3,(H,36,44)(H,37,43)(H2,38,39,46)/t20-,21-,23?,26?,27-,29+/m0/s1. The van der Waals surface area contributed by atoms with Gasteiger partial charge in [-0.15, -0.1) is 17.9 Å². The number of nitrogens with zero attached hydrogens (tertiary/aromatic N) is 2. The highest BCUT2D eigenvalue weighted by Gasteiger charge is 2.49. The Morgan fingerprint density at radius 1 is 1.02 bits per heavy atom. The number of Topliss-reactive ketones (excluding diaryl/α,β-unsaturated/α-hetero) is 1. The van der Waals surface area contributed by atoms with E-state index in [1.165, 1.54) is 26.6 Å². The van der Waals surface area contributed by atoms with Gasteiger partial charge in [-0.3, -0.25) is 19.2 Å². The van der Waals surface area contributed by atoms with Crippen molar-refractivity contribution in [3.8, 4) is 0 Å². The number of carbonyl (C=O) groups excluding carboxylic acids is 5. The molecule has 15 heteroatoms. The number of carbonyl (C=O) groups is 5. The summed E-state index contributed by atoms with van der Waals surface area (Å²) in [7, 11) is -3.69. The number of thiophene rings is 1. The molecule has 1 saturated carbocycles. The maximum atomic E-state index is 14.4. The van der Waals surface area contributed by atoms with Crippen LogP contribution < -0.4 is 21.3 Å². The highest BCUT2D eigenvalue weighted by molar-refractivity contribution is 7.89. The van der Waals surface area contributed by atoms with Crippen LogP contribution >= 0.6 is 11.3 Å². The van der Waals surface area contributed by atoms with Crippen LogP contribution in [0.5, 0.6) is 0 Å². The summed E-state index contributed by atoms with van der Waals surface area (Å²) < 4.78 is 27.8. The predicted octanol–water partition coefficient (Wildman–Crippen LogP) is 3.02. The van der Waals surface area contributed by atoms with Crippen LogP contribution in [0.25, 0.3) is 0 Å². The third-order valence-electron chi connectivity index (χ3n) is 10.1. The van der Waals surface area contributed by atoms with E-state index in [4.69, 9.17) is 0 Å². The first kappa shape index (κ1) is 39.5. The van der Waals surface area contributed by atoms with E-state index in [1.54, 1.807) is 11.4 Å². The Hall–Kier alpha value is -3.30. The smallest absolute Gasteiger partial charge is 0.315 e. The molecule has 3 aliphatic rings. The van der Waals surface area contributed by atoms with E-state index >= 15 is 0 Å². The lowest BCUT2D eigenvalue weighted by Crippen LogP contribution is -2.62. The molecule has 3 heterocycles. The van der Waals surface area contributed by atoms with Crippen molar-refractivity contribution in [2.75, 3.05) is 19.6 Å². The third kappa shape index (κ3) is 8.94. The van der Waals surface area contributed by atoms with Crippen LogP contribution in [-0.2, 0) is 35.7 Å². The fraction of sp³-hybridized carbons (Fsp3) is 0.686. The van der Waals surface area contributed by atoms with E-state index in [-0.39, 0.29) is 43.9 Å². The zero-order chi connectivity index (χ0) is 37.3. The SMILES string of the molecule is C=CCNC(=O)C(=O)C(CC1CC1)NC(=O)[C@@H]1[C@@H](C)[C@@H](C)CN1C(=O)[C@@H](NC(=O)NC(CN1Cc2sccc2S1(=O)=O)C(C)(C)C)C(C)(C)C. The highest BCUT2D eigenvalue weighted by Crippen LogP contribution is 2.37. The molecule has 5 amide bonds. The Morgan fingerprint density at radius 2 is 1.68 bits per heavy atom. The minimum absolute atomic E-state index is 0.0462. The number of sulfonamides is 1. The number of hydrogen-bond donors (Lipinski definition) is 4. The molecule has 2 aliphatic heterocycles. The molecule has 2 fully saturated rings. The predicted molar refractivity (Wildman–Crippen MR) is 191 cm³/mol. The van der Waals surface area contributed by atoms with Crippen molar-refractivity contribution in [1.82, 2.24) is 30.5 Å². The van der Waals surface area contributed by atoms with Gasteiger partial charge in [0, 0.05) is 37.1 Å². The van der Waals surface area contributed by atoms with Gasteiger partial charge >= 0.3 is 6.03 Å². The van der Waals surface area contributed by atoms with Crippen molar-refractivity contribution in [1.29, 1.82) is 0 Å². The Kier molecular flexibility index (Phi) is 11.9. The van der Waals surface area contributed by atoms with E-state index in [9.17, 15) is 32.4 Å². The first-order chi connectivity index (χ1) is 23.2. The Morgan fingerprint density at radius 3 is 2.24 bits per heavy atom. The summed E-state index contributed by atoms with van der Waals surface area (Å²) in [6, 6.07) is -2.64. The maximum absolute atomic E-state index is 14.4. The lowest BCUT2D eigenvalue weighted by atomic mass is 9.85. The molecule has 6 atom stereocenters. The Balaban J connectivity index is 1.50. The summed E-state index contributed by atoms with van der Waals surface area (Å²) in [6.45, 7) is 19.2. The molecule has 1 saturated heterocycles. The number of rotatable bonds is 13. The van der Waals surface area contributed by atoms with Gasteiger partial charge in [0.2, 0.25) is 27.6 Å². The van der Waals surface area contributed by atoms with Crippen molar-refractivity contribution < 1.29 is 32.4 Å². The van der Waals surface area contributed by atoms with Crippen molar-refractivity contribution in [3.05, 3.63) is 29.0 Å². The minimum atomic E-state index is -3.69. The van der Waals surface area contributed by atoms with E-state index in [2.05, 4.69) is 27.8 Å². The number of amides is 5. The van der Waals surface area contributed by atoms with Gasteiger partial charge in [-0.05, 0) is 46.5 Å². The fourth-order valence-electron chi connectivity index (χ4n) is 6.48. The molecular formula is C35H54N6O7S2. The first-order valence-electron chi connectivity index (χ1n) is 17.3. The Bertz CT molecular complexity index is 1590. The van der Waals surface area contributed by atoms with Gasteiger partial charge in [-0.25, -0.2) is 13.2 Å². The van der Waals surface area contributed by atoms with Gasteiger partial charge in [0.15, 0.2) is 0 Å². The van der Waals surface area contributed by atoms with E-state index < -0.39 is 74.6 Å². The summed E-state index contributed by atoms with van der Waals surface area (Å²) in [4.78, 5) is 70.2. The van der Waals surface area contributed by atoms with E-state index in [1.807, 2.05) is 55.4 Å². The Labute approximate surface area is 300 Å². The van der Waals surface area contributed by atoms with Gasteiger partial charge in [0.25, 0.3) is 5.91 Å². The molecule has 1 aromatic heterocycles. The summed E-state index contributed by atoms with van der Waals surface area (Å²) in [5.74, 6) is -2.60. The van der Waals surface area contributed by atoms with Gasteiger partial charge in [0.05, 0.1) is 10.9 Å². The molecular weight excluding hydrogens is 681 g/mol. The molecule has 0 radical (unpaired) electrons. The molecule has 4 N–H and O–H groups in total. The second-order valence-electron chi connectivity index (χ2n) is 16.2. The second kappa shape index (κ2) is 15.1. The molecule has 13 nitrogen and oxygen atoms in total. The average Bonchev–Trinajstić information content (AvgIpc) is 3.52. The lowest BCUT2D eigenvalue weighted by Gasteiger charge is -2.38. The number of ketones is 1. The molecule has 50 heavy (non-hydrogen) atoms. The molecule has 0 bridgehead atoms. The lowest BCUT2D eigenvalue weighted by molar-refractivity contribution is -0.144. The van der Waals surface area contributed by atoms with Crippen LogP contribution in [0.3, 0.4) is 0 Å².